The minimum atomic E-state index is -0.247. The number of nitrogens with zero attached hydrogens (tertiary/aromatic N) is 4. The van der Waals surface area contributed by atoms with Crippen LogP contribution in [-0.2, 0) is 0 Å². The Labute approximate surface area is 135 Å². The molecule has 1 heterocycles. The molecule has 0 aliphatic heterocycles. The molecule has 0 atom stereocenters. The monoisotopic (exact) mass is 310 g/mol. The summed E-state index contributed by atoms with van der Waals surface area (Å²) in [6.45, 7) is 1.30. The molecule has 1 amide bonds. The van der Waals surface area contributed by atoms with Crippen LogP contribution in [0.3, 0.4) is 0 Å². The number of likely N-dealkylation sites (N-methyl/N-ethyl adjacent to an activating group) is 1. The van der Waals surface area contributed by atoms with E-state index in [1.165, 1.54) is 6.20 Å². The highest BCUT2D eigenvalue weighted by atomic mass is 16.1. The average Bonchev–Trinajstić information content (AvgIpc) is 2.55. The molecule has 0 aliphatic carbocycles. The van der Waals surface area contributed by atoms with E-state index in [9.17, 15) is 4.79 Å². The molecule has 1 aromatic heterocycles. The molecular weight excluding hydrogens is 292 g/mol. The van der Waals surface area contributed by atoms with Gasteiger partial charge in [-0.1, -0.05) is 6.07 Å². The van der Waals surface area contributed by atoms with Gasteiger partial charge in [-0.05, 0) is 38.4 Å². The number of benzene rings is 1. The summed E-state index contributed by atoms with van der Waals surface area (Å²) in [7, 11) is 3.88. The number of rotatable bonds is 6. The van der Waals surface area contributed by atoms with Crippen LogP contribution in [0, 0.1) is 11.3 Å². The molecule has 23 heavy (non-hydrogen) atoms. The van der Waals surface area contributed by atoms with Crippen LogP contribution in [0.2, 0.25) is 0 Å². The second-order valence-corrected chi connectivity index (χ2v) is 5.14. The zero-order valence-corrected chi connectivity index (χ0v) is 13.1. The lowest BCUT2D eigenvalue weighted by Gasteiger charge is -2.10. The van der Waals surface area contributed by atoms with Gasteiger partial charge in [-0.3, -0.25) is 4.79 Å². The Hall–Kier alpha value is -2.98. The maximum Gasteiger partial charge on any atom is 0.270 e. The summed E-state index contributed by atoms with van der Waals surface area (Å²) < 4.78 is 0. The summed E-state index contributed by atoms with van der Waals surface area (Å²) in [5.41, 5.74) is 1.51. The third kappa shape index (κ3) is 5.05. The maximum absolute atomic E-state index is 12.0. The van der Waals surface area contributed by atoms with Gasteiger partial charge in [-0.15, -0.1) is 0 Å². The quantitative estimate of drug-likeness (QED) is 0.837. The first-order valence-electron chi connectivity index (χ1n) is 7.11. The predicted molar refractivity (Wildman–Crippen MR) is 87.4 cm³/mol. The van der Waals surface area contributed by atoms with Crippen LogP contribution in [0.25, 0.3) is 0 Å². The Kier molecular flexibility index (Phi) is 5.61. The van der Waals surface area contributed by atoms with Crippen molar-refractivity contribution in [3.8, 4) is 6.07 Å². The highest BCUT2D eigenvalue weighted by Crippen LogP contribution is 2.14. The van der Waals surface area contributed by atoms with E-state index in [4.69, 9.17) is 5.26 Å². The number of carbonyl (C=O) groups excluding carboxylic acids is 1. The number of hydrogen-bond donors (Lipinski definition) is 2. The summed E-state index contributed by atoms with van der Waals surface area (Å²) in [6, 6.07) is 10.6. The summed E-state index contributed by atoms with van der Waals surface area (Å²) >= 11 is 0. The summed E-state index contributed by atoms with van der Waals surface area (Å²) in [6.07, 6.45) is 1.52. The first kappa shape index (κ1) is 16.4. The van der Waals surface area contributed by atoms with Gasteiger partial charge in [-0.25, -0.2) is 9.97 Å². The lowest BCUT2D eigenvalue weighted by atomic mass is 10.2. The van der Waals surface area contributed by atoms with Crippen LogP contribution in [0.4, 0.5) is 11.6 Å². The van der Waals surface area contributed by atoms with Crippen LogP contribution in [-0.4, -0.2) is 48.0 Å². The number of hydrogen-bond acceptors (Lipinski definition) is 6. The van der Waals surface area contributed by atoms with Crippen molar-refractivity contribution in [2.45, 2.75) is 0 Å². The van der Waals surface area contributed by atoms with E-state index in [2.05, 4.69) is 26.7 Å². The molecule has 0 spiro atoms. The minimum absolute atomic E-state index is 0.247. The Morgan fingerprint density at radius 1 is 1.35 bits per heavy atom. The molecule has 7 nitrogen and oxygen atoms in total. The van der Waals surface area contributed by atoms with Crippen molar-refractivity contribution >= 4 is 17.5 Å². The lowest BCUT2D eigenvalue weighted by molar-refractivity contribution is 0.0946. The molecule has 0 fully saturated rings. The first-order chi connectivity index (χ1) is 11.1. The second kappa shape index (κ2) is 7.87. The summed E-state index contributed by atoms with van der Waals surface area (Å²) in [5.74, 6) is 0.0587. The Bertz CT molecular complexity index is 723. The fourth-order valence-electron chi connectivity index (χ4n) is 1.82. The van der Waals surface area contributed by atoms with E-state index in [1.807, 2.05) is 19.0 Å². The van der Waals surface area contributed by atoms with E-state index in [1.54, 1.807) is 30.3 Å². The number of amides is 1. The van der Waals surface area contributed by atoms with Gasteiger partial charge in [-0.2, -0.15) is 5.26 Å². The molecule has 0 bridgehead atoms. The molecule has 7 heteroatoms. The van der Waals surface area contributed by atoms with Gasteiger partial charge < -0.3 is 15.5 Å². The molecule has 0 saturated carbocycles. The summed E-state index contributed by atoms with van der Waals surface area (Å²) in [5, 5.41) is 14.7. The standard InChI is InChI=1S/C16H18N6O/c1-22(2)9-8-18-15(23)14-6-7-19-16(21-14)20-13-5-3-4-12(10-13)11-17/h3-7,10H,8-9H2,1-2H3,(H,18,23)(H,19,20,21). The van der Waals surface area contributed by atoms with Gasteiger partial charge in [0.25, 0.3) is 5.91 Å². The van der Waals surface area contributed by atoms with Crippen LogP contribution in [0.5, 0.6) is 0 Å². The van der Waals surface area contributed by atoms with Crippen LogP contribution in [0.15, 0.2) is 36.5 Å². The third-order valence-corrected chi connectivity index (χ3v) is 2.98. The number of nitriles is 1. The molecule has 0 unspecified atom stereocenters. The van der Waals surface area contributed by atoms with E-state index >= 15 is 0 Å². The van der Waals surface area contributed by atoms with Crippen LogP contribution < -0.4 is 10.6 Å². The van der Waals surface area contributed by atoms with Gasteiger partial charge in [0.15, 0.2) is 0 Å². The Balaban J connectivity index is 2.04. The van der Waals surface area contributed by atoms with Crippen molar-refractivity contribution < 1.29 is 4.79 Å². The Morgan fingerprint density at radius 3 is 2.91 bits per heavy atom. The molecule has 118 valence electrons. The molecule has 0 radical (unpaired) electrons. The Morgan fingerprint density at radius 2 is 2.17 bits per heavy atom. The number of nitrogens with one attached hydrogen (secondary N) is 2. The van der Waals surface area contributed by atoms with Gasteiger partial charge in [0, 0.05) is 25.0 Å². The molecule has 1 aromatic carbocycles. The highest BCUT2D eigenvalue weighted by Gasteiger charge is 2.08. The molecule has 2 N–H and O–H groups in total. The van der Waals surface area contributed by atoms with E-state index in [0.29, 0.717) is 23.7 Å². The second-order valence-electron chi connectivity index (χ2n) is 5.14. The van der Waals surface area contributed by atoms with Crippen molar-refractivity contribution in [3.05, 3.63) is 47.8 Å². The fourth-order valence-corrected chi connectivity index (χ4v) is 1.82. The van der Waals surface area contributed by atoms with Crippen molar-refractivity contribution in [1.29, 1.82) is 5.26 Å². The number of carbonyl (C=O) groups is 1. The average molecular weight is 310 g/mol. The van der Waals surface area contributed by atoms with Gasteiger partial charge in [0.2, 0.25) is 5.95 Å². The van der Waals surface area contributed by atoms with Crippen molar-refractivity contribution in [1.82, 2.24) is 20.2 Å². The van der Waals surface area contributed by atoms with Crippen molar-refractivity contribution in [2.75, 3.05) is 32.5 Å². The molecule has 2 rings (SSSR count). The SMILES string of the molecule is CN(C)CCNC(=O)c1ccnc(Nc2cccc(C#N)c2)n1. The van der Waals surface area contributed by atoms with Crippen LogP contribution >= 0.6 is 0 Å². The molecular formula is C16H18N6O. The lowest BCUT2D eigenvalue weighted by Crippen LogP contribution is -2.31. The normalized spacial score (nSPS) is 10.2. The largest absolute Gasteiger partial charge is 0.349 e. The zero-order valence-electron chi connectivity index (χ0n) is 13.1. The molecule has 2 aromatic rings. The highest BCUT2D eigenvalue weighted by molar-refractivity contribution is 5.92. The molecule has 0 aliphatic rings. The van der Waals surface area contributed by atoms with Gasteiger partial charge in [0.1, 0.15) is 5.69 Å². The van der Waals surface area contributed by atoms with Crippen molar-refractivity contribution in [3.63, 3.8) is 0 Å². The number of aromatic nitrogens is 2. The van der Waals surface area contributed by atoms with Gasteiger partial charge in [0.05, 0.1) is 11.6 Å². The van der Waals surface area contributed by atoms with Crippen molar-refractivity contribution in [2.24, 2.45) is 0 Å². The van der Waals surface area contributed by atoms with E-state index < -0.39 is 0 Å². The smallest absolute Gasteiger partial charge is 0.270 e. The first-order valence-corrected chi connectivity index (χ1v) is 7.11. The zero-order chi connectivity index (χ0) is 16.7. The van der Waals surface area contributed by atoms with E-state index in [0.717, 1.165) is 6.54 Å². The van der Waals surface area contributed by atoms with E-state index in [-0.39, 0.29) is 11.6 Å². The minimum Gasteiger partial charge on any atom is -0.349 e. The third-order valence-electron chi connectivity index (χ3n) is 2.98. The predicted octanol–water partition coefficient (Wildman–Crippen LogP) is 1.38. The number of anilines is 2. The summed E-state index contributed by atoms with van der Waals surface area (Å²) in [4.78, 5) is 22.3. The molecule has 0 saturated heterocycles. The maximum atomic E-state index is 12.0. The fraction of sp³-hybridized carbons (Fsp3) is 0.250. The topological polar surface area (TPSA) is 93.9 Å². The van der Waals surface area contributed by atoms with Gasteiger partial charge >= 0.3 is 0 Å². The van der Waals surface area contributed by atoms with Crippen LogP contribution in [0.1, 0.15) is 16.1 Å².